The summed E-state index contributed by atoms with van der Waals surface area (Å²) in [6, 6.07) is 16.2. The molecule has 7 nitrogen and oxygen atoms in total. The topological polar surface area (TPSA) is 90.3 Å². The summed E-state index contributed by atoms with van der Waals surface area (Å²) in [5.74, 6) is -1.24. The minimum atomic E-state index is -0.640. The first-order valence-electron chi connectivity index (χ1n) is 9.72. The van der Waals surface area contributed by atoms with Crippen LogP contribution in [0.25, 0.3) is 11.8 Å². The maximum Gasteiger partial charge on any atom is 0.331 e. The number of para-hydroxylation sites is 1. The van der Waals surface area contributed by atoms with E-state index in [9.17, 15) is 14.4 Å². The van der Waals surface area contributed by atoms with Crippen LogP contribution in [-0.2, 0) is 14.3 Å². The lowest BCUT2D eigenvalue weighted by Crippen LogP contribution is -2.20. The lowest BCUT2D eigenvalue weighted by molar-refractivity contribution is -0.142. The van der Waals surface area contributed by atoms with Crippen molar-refractivity contribution in [1.82, 2.24) is 9.78 Å². The van der Waals surface area contributed by atoms with Gasteiger partial charge in [-0.15, -0.1) is 0 Å². The van der Waals surface area contributed by atoms with Gasteiger partial charge >= 0.3 is 5.97 Å². The summed E-state index contributed by atoms with van der Waals surface area (Å²) in [7, 11) is 0. The van der Waals surface area contributed by atoms with E-state index in [-0.39, 0.29) is 5.78 Å². The van der Waals surface area contributed by atoms with Crippen LogP contribution >= 0.6 is 0 Å². The van der Waals surface area contributed by atoms with Gasteiger partial charge in [-0.3, -0.25) is 9.59 Å². The summed E-state index contributed by atoms with van der Waals surface area (Å²) >= 11 is 0. The first-order chi connectivity index (χ1) is 14.8. The van der Waals surface area contributed by atoms with Crippen LogP contribution in [0.1, 0.15) is 34.2 Å². The van der Waals surface area contributed by atoms with Crippen molar-refractivity contribution in [2.24, 2.45) is 0 Å². The molecule has 0 unspecified atom stereocenters. The van der Waals surface area contributed by atoms with E-state index >= 15 is 0 Å². The fourth-order valence-corrected chi connectivity index (χ4v) is 3.07. The maximum atomic E-state index is 12.1. The molecule has 1 aromatic heterocycles. The molecule has 0 saturated carbocycles. The van der Waals surface area contributed by atoms with Gasteiger partial charge in [0.15, 0.2) is 12.4 Å². The van der Waals surface area contributed by atoms with Gasteiger partial charge in [0, 0.05) is 28.6 Å². The number of aryl methyl sites for hydroxylation is 1. The van der Waals surface area contributed by atoms with Gasteiger partial charge in [-0.1, -0.05) is 30.3 Å². The number of nitrogens with zero attached hydrogens (tertiary/aromatic N) is 2. The summed E-state index contributed by atoms with van der Waals surface area (Å²) in [6.45, 7) is 4.79. The number of nitrogens with one attached hydrogen (secondary N) is 1. The van der Waals surface area contributed by atoms with E-state index in [0.717, 1.165) is 22.6 Å². The molecule has 0 radical (unpaired) electrons. The van der Waals surface area contributed by atoms with Gasteiger partial charge in [0.05, 0.1) is 11.4 Å². The highest BCUT2D eigenvalue weighted by Gasteiger charge is 2.12. The third-order valence-corrected chi connectivity index (χ3v) is 4.63. The second kappa shape index (κ2) is 9.67. The Bertz CT molecular complexity index is 1150. The quantitative estimate of drug-likeness (QED) is 0.358. The van der Waals surface area contributed by atoms with Crippen molar-refractivity contribution in [2.75, 3.05) is 11.9 Å². The Balaban J connectivity index is 1.59. The van der Waals surface area contributed by atoms with Crippen molar-refractivity contribution in [3.05, 3.63) is 83.2 Å². The van der Waals surface area contributed by atoms with Gasteiger partial charge < -0.3 is 10.1 Å². The molecule has 0 bridgehead atoms. The van der Waals surface area contributed by atoms with Crippen LogP contribution in [0, 0.1) is 13.8 Å². The van der Waals surface area contributed by atoms with Gasteiger partial charge in [0.2, 0.25) is 0 Å². The third-order valence-electron chi connectivity index (χ3n) is 4.63. The Morgan fingerprint density at radius 2 is 1.81 bits per heavy atom. The number of hydrogen-bond donors (Lipinski definition) is 1. The Hall–Kier alpha value is -4.00. The molecule has 1 amide bonds. The number of amides is 1. The zero-order chi connectivity index (χ0) is 22.4. The number of carbonyl (C=O) groups is 3. The lowest BCUT2D eigenvalue weighted by Gasteiger charge is -2.06. The number of ketones is 1. The normalized spacial score (nSPS) is 10.8. The highest BCUT2D eigenvalue weighted by Crippen LogP contribution is 2.19. The highest BCUT2D eigenvalue weighted by atomic mass is 16.5. The van der Waals surface area contributed by atoms with Crippen molar-refractivity contribution in [2.45, 2.75) is 20.8 Å². The summed E-state index contributed by atoms with van der Waals surface area (Å²) < 4.78 is 6.82. The lowest BCUT2D eigenvalue weighted by atomic mass is 10.1. The molecule has 0 aliphatic heterocycles. The molecule has 0 aliphatic carbocycles. The van der Waals surface area contributed by atoms with E-state index in [4.69, 9.17) is 4.74 Å². The van der Waals surface area contributed by atoms with E-state index in [2.05, 4.69) is 10.4 Å². The van der Waals surface area contributed by atoms with Crippen LogP contribution in [0.3, 0.4) is 0 Å². The average Bonchev–Trinajstić information content (AvgIpc) is 3.05. The van der Waals surface area contributed by atoms with Crippen LogP contribution in [0.15, 0.2) is 60.7 Å². The monoisotopic (exact) mass is 417 g/mol. The number of aromatic nitrogens is 2. The number of esters is 1. The van der Waals surface area contributed by atoms with E-state index < -0.39 is 18.5 Å². The Labute approximate surface area is 180 Å². The zero-order valence-corrected chi connectivity index (χ0v) is 17.6. The second-order valence-electron chi connectivity index (χ2n) is 6.96. The number of hydrogen-bond acceptors (Lipinski definition) is 5. The first kappa shape index (κ1) is 21.7. The molecule has 2 aromatic carbocycles. The van der Waals surface area contributed by atoms with Crippen LogP contribution in [-0.4, -0.2) is 34.0 Å². The van der Waals surface area contributed by atoms with E-state index in [1.165, 1.54) is 13.0 Å². The first-order valence-corrected chi connectivity index (χ1v) is 9.72. The van der Waals surface area contributed by atoms with Gasteiger partial charge in [-0.2, -0.15) is 5.10 Å². The molecule has 0 fully saturated rings. The fraction of sp³-hybridized carbons (Fsp3) is 0.167. The van der Waals surface area contributed by atoms with Gasteiger partial charge in [-0.05, 0) is 51.1 Å². The standard InChI is InChI=1S/C24H23N3O4/c1-16-22(17(2)27(26-16)21-10-5-4-6-11-21)12-13-24(30)31-15-23(29)25-20-9-7-8-19(14-20)18(3)28/h4-14H,15H2,1-3H3,(H,25,29)/b13-12+. The molecule has 3 aromatic rings. The zero-order valence-electron chi connectivity index (χ0n) is 17.6. The van der Waals surface area contributed by atoms with Crippen molar-refractivity contribution < 1.29 is 19.1 Å². The highest BCUT2D eigenvalue weighted by molar-refractivity contribution is 5.98. The molecular formula is C24H23N3O4. The third kappa shape index (κ3) is 5.54. The molecule has 0 atom stereocenters. The number of benzene rings is 2. The number of rotatable bonds is 7. The van der Waals surface area contributed by atoms with Gasteiger partial charge in [0.25, 0.3) is 5.91 Å². The van der Waals surface area contributed by atoms with Crippen molar-refractivity contribution >= 4 is 29.4 Å². The van der Waals surface area contributed by atoms with Crippen LogP contribution in [0.5, 0.6) is 0 Å². The molecule has 0 saturated heterocycles. The maximum absolute atomic E-state index is 12.1. The van der Waals surface area contributed by atoms with E-state index in [1.54, 1.807) is 30.3 Å². The minimum Gasteiger partial charge on any atom is -0.452 e. The van der Waals surface area contributed by atoms with Crippen LogP contribution in [0.4, 0.5) is 5.69 Å². The number of Topliss-reactive ketones (excluding diaryl/α,β-unsaturated/α-hetero) is 1. The Morgan fingerprint density at radius 3 is 2.52 bits per heavy atom. The summed E-state index contributed by atoms with van der Waals surface area (Å²) in [4.78, 5) is 35.5. The number of ether oxygens (including phenoxy) is 1. The molecule has 0 spiro atoms. The average molecular weight is 417 g/mol. The number of carbonyl (C=O) groups excluding carboxylic acids is 3. The molecule has 31 heavy (non-hydrogen) atoms. The van der Waals surface area contributed by atoms with Crippen molar-refractivity contribution in [3.63, 3.8) is 0 Å². The van der Waals surface area contributed by atoms with Crippen molar-refractivity contribution in [1.29, 1.82) is 0 Å². The minimum absolute atomic E-state index is 0.103. The van der Waals surface area contributed by atoms with Crippen LogP contribution in [0.2, 0.25) is 0 Å². The predicted octanol–water partition coefficient (Wildman–Crippen LogP) is 3.89. The number of anilines is 1. The molecule has 1 N–H and O–H groups in total. The molecule has 0 aliphatic rings. The Morgan fingerprint density at radius 1 is 1.06 bits per heavy atom. The largest absolute Gasteiger partial charge is 0.452 e. The second-order valence-corrected chi connectivity index (χ2v) is 6.96. The summed E-state index contributed by atoms with van der Waals surface area (Å²) in [6.07, 6.45) is 2.91. The molecular weight excluding hydrogens is 394 g/mol. The van der Waals surface area contributed by atoms with E-state index in [1.807, 2.05) is 48.9 Å². The van der Waals surface area contributed by atoms with E-state index in [0.29, 0.717) is 11.3 Å². The van der Waals surface area contributed by atoms with Gasteiger partial charge in [-0.25, -0.2) is 9.48 Å². The van der Waals surface area contributed by atoms with Crippen LogP contribution < -0.4 is 5.32 Å². The molecule has 158 valence electrons. The smallest absolute Gasteiger partial charge is 0.331 e. The van der Waals surface area contributed by atoms with Gasteiger partial charge in [0.1, 0.15) is 0 Å². The molecule has 3 rings (SSSR count). The molecule has 7 heteroatoms. The summed E-state index contributed by atoms with van der Waals surface area (Å²) in [5, 5.41) is 7.12. The fourth-order valence-electron chi connectivity index (χ4n) is 3.07. The molecule has 1 heterocycles. The summed E-state index contributed by atoms with van der Waals surface area (Å²) in [5.41, 5.74) is 4.34. The Kier molecular flexibility index (Phi) is 6.77. The predicted molar refractivity (Wildman–Crippen MR) is 118 cm³/mol. The van der Waals surface area contributed by atoms with Crippen molar-refractivity contribution in [3.8, 4) is 5.69 Å². The SMILES string of the molecule is CC(=O)c1cccc(NC(=O)COC(=O)/C=C/c2c(C)nn(-c3ccccc3)c2C)c1.